The molecule has 0 saturated carbocycles. The molecule has 0 aliphatic carbocycles. The minimum atomic E-state index is 0.0797. The molecule has 0 saturated heterocycles. The Labute approximate surface area is 235 Å². The molecule has 1 atom stereocenters. The molecule has 1 N–H and O–H groups in total. The fourth-order valence-corrected chi connectivity index (χ4v) is 6.88. The summed E-state index contributed by atoms with van der Waals surface area (Å²) in [5.74, 6) is 0.656. The minimum absolute atomic E-state index is 0.0797. The molecule has 3 aromatic rings. The predicted molar refractivity (Wildman–Crippen MR) is 152 cm³/mol. The molecule has 0 fully saturated rings. The summed E-state index contributed by atoms with van der Waals surface area (Å²) in [5, 5.41) is 16.6. The van der Waals surface area contributed by atoms with Gasteiger partial charge in [-0.3, -0.25) is 9.88 Å². The van der Waals surface area contributed by atoms with E-state index in [0.717, 1.165) is 61.5 Å². The fraction of sp³-hybridized carbons (Fsp3) is 0.423. The molecule has 2 heterocycles. The van der Waals surface area contributed by atoms with E-state index < -0.39 is 0 Å². The fourth-order valence-electron chi connectivity index (χ4n) is 4.08. The first-order valence-corrected chi connectivity index (χ1v) is 15.3. The van der Waals surface area contributed by atoms with E-state index in [1.54, 1.807) is 23.1 Å². The number of thioether (sulfide) groups is 1. The Balaban J connectivity index is 1.62. The largest absolute Gasteiger partial charge is 0.691 e. The van der Waals surface area contributed by atoms with Crippen LogP contribution in [0.4, 0.5) is 5.69 Å². The predicted octanol–water partition coefficient (Wildman–Crippen LogP) is 6.03. The number of nitrogens with one attached hydrogen (secondary N) is 1. The molecule has 11 heteroatoms. The van der Waals surface area contributed by atoms with E-state index in [0.29, 0.717) is 5.75 Å². The van der Waals surface area contributed by atoms with Gasteiger partial charge in [0.05, 0.1) is 22.9 Å². The van der Waals surface area contributed by atoms with Crippen molar-refractivity contribution < 1.29 is 24.0 Å². The van der Waals surface area contributed by atoms with Crippen molar-refractivity contribution in [1.29, 1.82) is 0 Å². The number of aryl methyl sites for hydroxylation is 2. The van der Waals surface area contributed by atoms with Crippen LogP contribution in [0.25, 0.3) is 16.3 Å². The monoisotopic (exact) mass is 581 g/mol. The van der Waals surface area contributed by atoms with Crippen LogP contribution in [0.2, 0.25) is 5.02 Å². The number of aromatic nitrogens is 1. The first kappa shape index (κ1) is 28.7. The first-order valence-electron chi connectivity index (χ1n) is 12.4. The van der Waals surface area contributed by atoms with E-state index >= 15 is 0 Å². The molecule has 4 rings (SSSR count). The number of nitrogens with zero attached hydrogens (tertiary/aromatic N) is 2. The Morgan fingerprint density at radius 2 is 2.14 bits per heavy atom. The molecule has 37 heavy (non-hydrogen) atoms. The van der Waals surface area contributed by atoms with Gasteiger partial charge in [0.15, 0.2) is 6.54 Å². The third-order valence-electron chi connectivity index (χ3n) is 5.91. The standard InChI is InChI=1S/C26H32ClN3O4S3/c1-4-11-28-32-19(3)10-13-30-22-16-20(27)7-9-24(22)37-26(30)17-25-29(12-5-14-35-34-33-31)21-15-18(2)6-8-23(21)36-25/h6-9,15-17,19,28H,4-5,10-14H2,1-3H3. The topological polar surface area (TPSA) is 69.9 Å². The minimum Gasteiger partial charge on any atom is -0.691 e. The third-order valence-corrected chi connectivity index (χ3v) is 8.97. The van der Waals surface area contributed by atoms with Gasteiger partial charge in [-0.25, -0.2) is 5.48 Å². The SMILES string of the molecule is CCCNOC(C)CC[n+]1c(C=C2Sc3ccc(C)cc3N2CCCSOO[O-])sc2ccc(Cl)cc21. The lowest BCUT2D eigenvalue weighted by atomic mass is 10.2. The number of hydrogen-bond acceptors (Lipinski definition) is 9. The molecular weight excluding hydrogens is 550 g/mol. The zero-order valence-corrected chi connectivity index (χ0v) is 24.4. The summed E-state index contributed by atoms with van der Waals surface area (Å²) in [6, 6.07) is 12.7. The lowest BCUT2D eigenvalue weighted by molar-refractivity contribution is -0.777. The summed E-state index contributed by atoms with van der Waals surface area (Å²) in [5.41, 5.74) is 6.62. The maximum Gasteiger partial charge on any atom is 0.265 e. The van der Waals surface area contributed by atoms with Crippen LogP contribution in [-0.2, 0) is 20.8 Å². The molecule has 0 radical (unpaired) electrons. The molecule has 1 aromatic heterocycles. The smallest absolute Gasteiger partial charge is 0.265 e. The van der Waals surface area contributed by atoms with Gasteiger partial charge in [-0.15, -0.1) is 0 Å². The second-order valence-electron chi connectivity index (χ2n) is 8.83. The van der Waals surface area contributed by atoms with E-state index in [2.05, 4.69) is 75.4 Å². The van der Waals surface area contributed by atoms with Crippen molar-refractivity contribution in [3.63, 3.8) is 0 Å². The van der Waals surface area contributed by atoms with Crippen molar-refractivity contribution >= 4 is 68.7 Å². The summed E-state index contributed by atoms with van der Waals surface area (Å²) in [7, 11) is 0. The maximum absolute atomic E-state index is 10.1. The van der Waals surface area contributed by atoms with Gasteiger partial charge in [0.25, 0.3) is 5.01 Å². The van der Waals surface area contributed by atoms with Gasteiger partial charge in [0, 0.05) is 53.3 Å². The van der Waals surface area contributed by atoms with Crippen LogP contribution in [0.1, 0.15) is 43.7 Å². The summed E-state index contributed by atoms with van der Waals surface area (Å²) in [4.78, 5) is 9.37. The first-order chi connectivity index (χ1) is 18.0. The number of halogens is 1. The van der Waals surface area contributed by atoms with Crippen molar-refractivity contribution in [3.8, 4) is 0 Å². The molecule has 2 aromatic carbocycles. The molecule has 1 aliphatic heterocycles. The Bertz CT molecular complexity index is 1220. The lowest BCUT2D eigenvalue weighted by Gasteiger charge is -2.20. The van der Waals surface area contributed by atoms with Gasteiger partial charge in [-0.05, 0) is 56.5 Å². The van der Waals surface area contributed by atoms with Gasteiger partial charge < -0.3 is 10.2 Å². The Morgan fingerprint density at radius 1 is 1.27 bits per heavy atom. The highest BCUT2D eigenvalue weighted by Crippen LogP contribution is 2.47. The number of benzene rings is 2. The van der Waals surface area contributed by atoms with Crippen LogP contribution in [0.5, 0.6) is 0 Å². The van der Waals surface area contributed by atoms with Gasteiger partial charge in [-0.1, -0.05) is 47.7 Å². The third kappa shape index (κ3) is 7.62. The van der Waals surface area contributed by atoms with Crippen LogP contribution in [0, 0.1) is 6.92 Å². The maximum atomic E-state index is 10.1. The van der Waals surface area contributed by atoms with Crippen LogP contribution >= 0.6 is 46.7 Å². The van der Waals surface area contributed by atoms with Gasteiger partial charge in [-0.2, -0.15) is 8.90 Å². The number of rotatable bonds is 14. The Morgan fingerprint density at radius 3 is 2.95 bits per heavy atom. The molecule has 200 valence electrons. The molecule has 0 spiro atoms. The lowest BCUT2D eigenvalue weighted by Crippen LogP contribution is -2.37. The quantitative estimate of drug-likeness (QED) is 0.0813. The molecule has 0 amide bonds. The number of hydrogen-bond donors (Lipinski definition) is 1. The van der Waals surface area contributed by atoms with Crippen molar-refractivity contribution in [2.24, 2.45) is 0 Å². The Hall–Kier alpha value is -1.34. The summed E-state index contributed by atoms with van der Waals surface area (Å²) in [6.45, 7) is 8.78. The van der Waals surface area contributed by atoms with Gasteiger partial charge in [0.2, 0.25) is 5.52 Å². The normalized spacial score (nSPS) is 15.2. The van der Waals surface area contributed by atoms with E-state index in [1.807, 2.05) is 12.1 Å². The van der Waals surface area contributed by atoms with Crippen molar-refractivity contribution in [2.75, 3.05) is 23.7 Å². The van der Waals surface area contributed by atoms with Crippen molar-refractivity contribution in [3.05, 3.63) is 57.0 Å². The van der Waals surface area contributed by atoms with Crippen molar-refractivity contribution in [2.45, 2.75) is 57.6 Å². The van der Waals surface area contributed by atoms with Gasteiger partial charge >= 0.3 is 0 Å². The molecule has 1 aliphatic rings. The van der Waals surface area contributed by atoms with Crippen LogP contribution in [0.15, 0.2) is 46.3 Å². The number of thiazole rings is 1. The van der Waals surface area contributed by atoms with E-state index in [4.69, 9.17) is 16.4 Å². The van der Waals surface area contributed by atoms with E-state index in [9.17, 15) is 5.26 Å². The van der Waals surface area contributed by atoms with Crippen LogP contribution < -0.4 is 20.2 Å². The number of anilines is 1. The van der Waals surface area contributed by atoms with Crippen LogP contribution in [0.3, 0.4) is 0 Å². The summed E-state index contributed by atoms with van der Waals surface area (Å²) < 4.78 is 7.99. The van der Waals surface area contributed by atoms with Crippen molar-refractivity contribution in [1.82, 2.24) is 5.48 Å². The molecular formula is C26H32ClN3O4S3. The van der Waals surface area contributed by atoms with E-state index in [1.165, 1.54) is 30.9 Å². The number of hydroxylamine groups is 1. The average Bonchev–Trinajstić information content (AvgIpc) is 3.39. The van der Waals surface area contributed by atoms with Crippen LogP contribution in [-0.4, -0.2) is 24.9 Å². The highest BCUT2D eigenvalue weighted by molar-refractivity contribution is 8.04. The molecule has 7 nitrogen and oxygen atoms in total. The average molecular weight is 582 g/mol. The summed E-state index contributed by atoms with van der Waals surface area (Å²) in [6.07, 6.45) is 5.09. The second-order valence-corrected chi connectivity index (χ2v) is 12.2. The number of fused-ring (bicyclic) bond motifs is 2. The summed E-state index contributed by atoms with van der Waals surface area (Å²) >= 11 is 11.0. The van der Waals surface area contributed by atoms with Gasteiger partial charge in [0.1, 0.15) is 4.70 Å². The molecule has 1 unspecified atom stereocenters. The molecule has 0 bridgehead atoms. The van der Waals surface area contributed by atoms with E-state index in [-0.39, 0.29) is 6.10 Å². The second kappa shape index (κ2) is 14.2. The zero-order chi connectivity index (χ0) is 26.2. The highest BCUT2D eigenvalue weighted by Gasteiger charge is 2.28. The highest BCUT2D eigenvalue weighted by atomic mass is 35.5. The Kier molecular flexibility index (Phi) is 11.0. The zero-order valence-electron chi connectivity index (χ0n) is 21.2.